The molecule has 0 aromatic heterocycles. The Balaban J connectivity index is 2.25. The van der Waals surface area contributed by atoms with Gasteiger partial charge in [0.1, 0.15) is 17.2 Å². The lowest BCUT2D eigenvalue weighted by Gasteiger charge is -2.10. The molecule has 2 aromatic carbocycles. The maximum atomic E-state index is 12.2. The number of nitro groups is 1. The van der Waals surface area contributed by atoms with Crippen LogP contribution >= 0.6 is 0 Å². The number of rotatable bonds is 6. The Kier molecular flexibility index (Phi) is 5.74. The van der Waals surface area contributed by atoms with E-state index in [0.29, 0.717) is 22.8 Å². The molecule has 0 atom stereocenters. The molecule has 2 N–H and O–H groups in total. The van der Waals surface area contributed by atoms with Crippen molar-refractivity contribution in [1.29, 1.82) is 0 Å². The maximum absolute atomic E-state index is 12.2. The number of aromatic hydroxyl groups is 1. The molecule has 2 aromatic rings. The van der Waals surface area contributed by atoms with E-state index in [4.69, 9.17) is 9.47 Å². The Morgan fingerprint density at radius 3 is 2.50 bits per heavy atom. The molecule has 0 aliphatic heterocycles. The minimum absolute atomic E-state index is 0.252. The average Bonchev–Trinajstić information content (AvgIpc) is 2.65. The van der Waals surface area contributed by atoms with Crippen LogP contribution in [0.5, 0.6) is 17.2 Å². The van der Waals surface area contributed by atoms with E-state index in [0.717, 1.165) is 18.2 Å². The van der Waals surface area contributed by atoms with Gasteiger partial charge in [-0.1, -0.05) is 0 Å². The maximum Gasteiger partial charge on any atom is 0.275 e. The zero-order valence-corrected chi connectivity index (χ0v) is 14.3. The van der Waals surface area contributed by atoms with Gasteiger partial charge in [0.25, 0.3) is 11.6 Å². The fraction of sp³-hybridized carbons (Fsp3) is 0.176. The van der Waals surface area contributed by atoms with E-state index >= 15 is 0 Å². The lowest BCUT2D eigenvalue weighted by Crippen LogP contribution is -2.19. The summed E-state index contributed by atoms with van der Waals surface area (Å²) in [6, 6.07) is 8.25. The van der Waals surface area contributed by atoms with Crippen LogP contribution in [0.3, 0.4) is 0 Å². The third-order valence-corrected chi connectivity index (χ3v) is 3.56. The zero-order chi connectivity index (χ0) is 19.3. The third-order valence-electron chi connectivity index (χ3n) is 3.56. The first kappa shape index (κ1) is 18.7. The van der Waals surface area contributed by atoms with Gasteiger partial charge in [-0.05, 0) is 25.1 Å². The highest BCUT2D eigenvalue weighted by molar-refractivity contribution is 6.03. The first-order valence-electron chi connectivity index (χ1n) is 7.41. The first-order valence-corrected chi connectivity index (χ1v) is 7.41. The average molecular weight is 359 g/mol. The number of non-ortho nitro benzene ring substituents is 1. The molecule has 0 aliphatic rings. The normalized spacial score (nSPS) is 11.0. The molecule has 0 saturated heterocycles. The predicted octanol–water partition coefficient (Wildman–Crippen LogP) is 2.47. The second-order valence-corrected chi connectivity index (χ2v) is 5.16. The van der Waals surface area contributed by atoms with Crippen molar-refractivity contribution in [3.63, 3.8) is 0 Å². The van der Waals surface area contributed by atoms with Gasteiger partial charge in [-0.2, -0.15) is 5.10 Å². The minimum atomic E-state index is -0.780. The van der Waals surface area contributed by atoms with E-state index in [1.807, 2.05) is 0 Å². The highest BCUT2D eigenvalue weighted by Gasteiger charge is 2.16. The van der Waals surface area contributed by atoms with E-state index in [9.17, 15) is 20.0 Å². The lowest BCUT2D eigenvalue weighted by atomic mass is 10.1. The Morgan fingerprint density at radius 1 is 1.15 bits per heavy atom. The summed E-state index contributed by atoms with van der Waals surface area (Å²) < 4.78 is 10.4. The van der Waals surface area contributed by atoms with Crippen LogP contribution in [-0.4, -0.2) is 35.9 Å². The number of methoxy groups -OCH3 is 2. The Morgan fingerprint density at radius 2 is 1.88 bits per heavy atom. The summed E-state index contributed by atoms with van der Waals surface area (Å²) >= 11 is 0. The highest BCUT2D eigenvalue weighted by atomic mass is 16.6. The first-order chi connectivity index (χ1) is 12.4. The number of hydrogen-bond acceptors (Lipinski definition) is 7. The van der Waals surface area contributed by atoms with Gasteiger partial charge in [0, 0.05) is 23.8 Å². The van der Waals surface area contributed by atoms with Crippen LogP contribution in [0.4, 0.5) is 5.69 Å². The standard InChI is InChI=1S/C17H17N3O6/c1-10(13-6-5-12(25-2)9-16(13)26-3)18-19-17(22)14-8-11(20(23)24)4-7-15(14)21/h4-9,21H,1-3H3,(H,19,22)/b18-10-. The van der Waals surface area contributed by atoms with Crippen molar-refractivity contribution in [2.45, 2.75) is 6.92 Å². The highest BCUT2D eigenvalue weighted by Crippen LogP contribution is 2.25. The monoisotopic (exact) mass is 359 g/mol. The molecule has 0 spiro atoms. The summed E-state index contributed by atoms with van der Waals surface area (Å²) in [4.78, 5) is 22.3. The van der Waals surface area contributed by atoms with Gasteiger partial charge in [0.2, 0.25) is 0 Å². The van der Waals surface area contributed by atoms with Crippen molar-refractivity contribution in [2.24, 2.45) is 5.10 Å². The van der Waals surface area contributed by atoms with Crippen LogP contribution in [0.2, 0.25) is 0 Å². The van der Waals surface area contributed by atoms with Gasteiger partial charge in [0.15, 0.2) is 0 Å². The molecule has 136 valence electrons. The van der Waals surface area contributed by atoms with Crippen LogP contribution < -0.4 is 14.9 Å². The second-order valence-electron chi connectivity index (χ2n) is 5.16. The van der Waals surface area contributed by atoms with Crippen LogP contribution in [0.15, 0.2) is 41.5 Å². The smallest absolute Gasteiger partial charge is 0.275 e. The van der Waals surface area contributed by atoms with Crippen molar-refractivity contribution in [3.8, 4) is 17.2 Å². The van der Waals surface area contributed by atoms with Gasteiger partial charge in [-0.25, -0.2) is 5.43 Å². The number of amides is 1. The van der Waals surface area contributed by atoms with Crippen molar-refractivity contribution >= 4 is 17.3 Å². The molecule has 9 nitrogen and oxygen atoms in total. The number of ether oxygens (including phenoxy) is 2. The van der Waals surface area contributed by atoms with Crippen molar-refractivity contribution in [1.82, 2.24) is 5.43 Å². The number of benzene rings is 2. The van der Waals surface area contributed by atoms with E-state index in [-0.39, 0.29) is 17.0 Å². The molecule has 9 heteroatoms. The van der Waals surface area contributed by atoms with Crippen molar-refractivity contribution < 1.29 is 24.3 Å². The second kappa shape index (κ2) is 7.97. The quantitative estimate of drug-likeness (QED) is 0.464. The number of carbonyl (C=O) groups is 1. The van der Waals surface area contributed by atoms with Gasteiger partial charge in [0.05, 0.1) is 30.4 Å². The summed E-state index contributed by atoms with van der Waals surface area (Å²) in [5.74, 6) is -0.0667. The van der Waals surface area contributed by atoms with Gasteiger partial charge >= 0.3 is 0 Å². The van der Waals surface area contributed by atoms with Crippen LogP contribution in [0, 0.1) is 10.1 Å². The molecular formula is C17H17N3O6. The molecule has 0 aliphatic carbocycles. The molecule has 0 unspecified atom stereocenters. The minimum Gasteiger partial charge on any atom is -0.507 e. The molecule has 26 heavy (non-hydrogen) atoms. The summed E-state index contributed by atoms with van der Waals surface area (Å²) in [7, 11) is 3.02. The number of nitrogens with one attached hydrogen (secondary N) is 1. The summed E-state index contributed by atoms with van der Waals surface area (Å²) in [6.07, 6.45) is 0. The molecular weight excluding hydrogens is 342 g/mol. The summed E-state index contributed by atoms with van der Waals surface area (Å²) in [6.45, 7) is 1.65. The number of hydrogen-bond donors (Lipinski definition) is 2. The van der Waals surface area contributed by atoms with Gasteiger partial charge in [-0.3, -0.25) is 14.9 Å². The number of nitro benzene ring substituents is 1. The number of phenolic OH excluding ortho intramolecular Hbond substituents is 1. The molecule has 0 saturated carbocycles. The Bertz CT molecular complexity index is 879. The molecule has 2 rings (SSSR count). The van der Waals surface area contributed by atoms with Crippen LogP contribution in [0.1, 0.15) is 22.8 Å². The van der Waals surface area contributed by atoms with E-state index in [1.165, 1.54) is 14.2 Å². The summed E-state index contributed by atoms with van der Waals surface area (Å²) in [5, 5.41) is 24.5. The number of nitrogens with zero attached hydrogens (tertiary/aromatic N) is 2. The van der Waals surface area contributed by atoms with Gasteiger partial charge < -0.3 is 14.6 Å². The molecule has 0 fully saturated rings. The Hall–Kier alpha value is -3.62. The van der Waals surface area contributed by atoms with Gasteiger partial charge in [-0.15, -0.1) is 0 Å². The number of phenols is 1. The summed E-state index contributed by atoms with van der Waals surface area (Å²) in [5.41, 5.74) is 2.75. The van der Waals surface area contributed by atoms with E-state index < -0.39 is 10.8 Å². The topological polar surface area (TPSA) is 123 Å². The Labute approximate surface area is 149 Å². The molecule has 0 heterocycles. The van der Waals surface area contributed by atoms with E-state index in [2.05, 4.69) is 10.5 Å². The molecule has 0 bridgehead atoms. The fourth-order valence-corrected chi connectivity index (χ4v) is 2.17. The van der Waals surface area contributed by atoms with Crippen LogP contribution in [0.25, 0.3) is 0 Å². The molecule has 0 radical (unpaired) electrons. The SMILES string of the molecule is COc1ccc(/C(C)=N\NC(=O)c2cc([N+](=O)[O-])ccc2O)c(OC)c1. The number of carbonyl (C=O) groups excluding carboxylic acids is 1. The van der Waals surface area contributed by atoms with E-state index in [1.54, 1.807) is 25.1 Å². The van der Waals surface area contributed by atoms with Crippen molar-refractivity contribution in [2.75, 3.05) is 14.2 Å². The zero-order valence-electron chi connectivity index (χ0n) is 14.3. The lowest BCUT2D eigenvalue weighted by molar-refractivity contribution is -0.384. The number of hydrazone groups is 1. The van der Waals surface area contributed by atoms with Crippen LogP contribution in [-0.2, 0) is 0 Å². The third kappa shape index (κ3) is 4.07. The predicted molar refractivity (Wildman–Crippen MR) is 94.0 cm³/mol. The van der Waals surface area contributed by atoms with Crippen molar-refractivity contribution in [3.05, 3.63) is 57.6 Å². The fourth-order valence-electron chi connectivity index (χ4n) is 2.17. The molecule has 1 amide bonds. The largest absolute Gasteiger partial charge is 0.507 e.